The maximum absolute atomic E-state index is 12.7. The molecule has 146 valence electrons. The second-order valence-electron chi connectivity index (χ2n) is 6.20. The van der Waals surface area contributed by atoms with Gasteiger partial charge in [-0.25, -0.2) is 0 Å². The molecule has 0 aliphatic rings. The van der Waals surface area contributed by atoms with E-state index in [0.717, 1.165) is 31.2 Å². The number of anilines is 1. The summed E-state index contributed by atoms with van der Waals surface area (Å²) in [6, 6.07) is 17.9. The summed E-state index contributed by atoms with van der Waals surface area (Å²) in [5.74, 6) is 1.02. The van der Waals surface area contributed by atoms with E-state index in [1.165, 1.54) is 24.6 Å². The highest BCUT2D eigenvalue weighted by Gasteiger charge is 2.18. The van der Waals surface area contributed by atoms with Crippen LogP contribution in [0.25, 0.3) is 11.1 Å². The minimum atomic E-state index is -0.259. The topological polar surface area (TPSA) is 54.9 Å². The van der Waals surface area contributed by atoms with Crippen molar-refractivity contribution in [2.24, 2.45) is 0 Å². The summed E-state index contributed by atoms with van der Waals surface area (Å²) in [5, 5.41) is 11.2. The first-order valence-corrected chi connectivity index (χ1v) is 11.9. The molecular formula is C21H23N3OS3. The number of carbonyl (C=O) groups is 1. The van der Waals surface area contributed by atoms with Gasteiger partial charge in [0.2, 0.25) is 5.91 Å². The van der Waals surface area contributed by atoms with Gasteiger partial charge in [0.05, 0.1) is 5.25 Å². The fraction of sp³-hybridized carbons (Fsp3) is 0.286. The molecule has 0 aliphatic carbocycles. The molecule has 1 amide bonds. The molecule has 1 unspecified atom stereocenters. The van der Waals surface area contributed by atoms with Gasteiger partial charge in [-0.15, -0.1) is 10.2 Å². The molecule has 1 N–H and O–H groups in total. The maximum atomic E-state index is 12.7. The molecule has 2 aromatic carbocycles. The van der Waals surface area contributed by atoms with E-state index >= 15 is 0 Å². The SMILES string of the molecule is CCCCSc1nnc(SC(C)C(=O)Nc2ccccc2-c2ccccc2)s1. The normalized spacial score (nSPS) is 11.9. The average molecular weight is 430 g/mol. The summed E-state index contributed by atoms with van der Waals surface area (Å²) in [4.78, 5) is 12.7. The van der Waals surface area contributed by atoms with Crippen LogP contribution >= 0.6 is 34.9 Å². The van der Waals surface area contributed by atoms with Gasteiger partial charge in [-0.3, -0.25) is 4.79 Å². The average Bonchev–Trinajstić information content (AvgIpc) is 3.16. The predicted molar refractivity (Wildman–Crippen MR) is 121 cm³/mol. The highest BCUT2D eigenvalue weighted by atomic mass is 32.2. The van der Waals surface area contributed by atoms with Crippen LogP contribution in [0.4, 0.5) is 5.69 Å². The molecule has 7 heteroatoms. The minimum Gasteiger partial charge on any atom is -0.325 e. The number of carbonyl (C=O) groups excluding carboxylic acids is 1. The molecule has 0 saturated carbocycles. The molecule has 0 aliphatic heterocycles. The fourth-order valence-corrected chi connectivity index (χ4v) is 5.83. The van der Waals surface area contributed by atoms with E-state index in [2.05, 4.69) is 22.4 Å². The van der Waals surface area contributed by atoms with Crippen LogP contribution in [0.15, 0.2) is 63.3 Å². The lowest BCUT2D eigenvalue weighted by molar-refractivity contribution is -0.115. The summed E-state index contributed by atoms with van der Waals surface area (Å²) in [5.41, 5.74) is 2.91. The van der Waals surface area contributed by atoms with Crippen LogP contribution in [0.2, 0.25) is 0 Å². The van der Waals surface area contributed by atoms with Crippen LogP contribution in [0, 0.1) is 0 Å². The highest BCUT2D eigenvalue weighted by Crippen LogP contribution is 2.33. The van der Waals surface area contributed by atoms with Gasteiger partial charge in [-0.1, -0.05) is 96.7 Å². The zero-order valence-electron chi connectivity index (χ0n) is 15.9. The molecule has 1 heterocycles. The first-order valence-electron chi connectivity index (χ1n) is 9.25. The van der Waals surface area contributed by atoms with E-state index in [-0.39, 0.29) is 11.2 Å². The van der Waals surface area contributed by atoms with Gasteiger partial charge in [0, 0.05) is 17.0 Å². The predicted octanol–water partition coefficient (Wildman–Crippen LogP) is 6.22. The van der Waals surface area contributed by atoms with Crippen molar-refractivity contribution in [2.45, 2.75) is 40.6 Å². The van der Waals surface area contributed by atoms with Gasteiger partial charge in [0.1, 0.15) is 0 Å². The second-order valence-corrected chi connectivity index (χ2v) is 10.1. The van der Waals surface area contributed by atoms with Crippen molar-refractivity contribution in [3.8, 4) is 11.1 Å². The summed E-state index contributed by atoms with van der Waals surface area (Å²) in [6.45, 7) is 4.08. The van der Waals surface area contributed by atoms with Crippen LogP contribution in [0.1, 0.15) is 26.7 Å². The maximum Gasteiger partial charge on any atom is 0.237 e. The number of aromatic nitrogens is 2. The van der Waals surface area contributed by atoms with Crippen LogP contribution in [-0.2, 0) is 4.79 Å². The van der Waals surface area contributed by atoms with Gasteiger partial charge in [0.15, 0.2) is 8.68 Å². The van der Waals surface area contributed by atoms with Crippen molar-refractivity contribution >= 4 is 46.5 Å². The van der Waals surface area contributed by atoms with E-state index in [1.807, 2.05) is 61.5 Å². The number of benzene rings is 2. The molecule has 0 radical (unpaired) electrons. The molecule has 0 fully saturated rings. The first-order chi connectivity index (χ1) is 13.7. The van der Waals surface area contributed by atoms with E-state index in [9.17, 15) is 4.79 Å². The third-order valence-electron chi connectivity index (χ3n) is 4.03. The number of thioether (sulfide) groups is 2. The molecule has 0 spiro atoms. The highest BCUT2D eigenvalue weighted by molar-refractivity contribution is 8.03. The standard InChI is InChI=1S/C21H23N3OS3/c1-3-4-14-26-20-23-24-21(28-20)27-15(2)19(25)22-18-13-9-8-12-17(18)16-10-6-5-7-11-16/h5-13,15H,3-4,14H2,1-2H3,(H,22,25). The molecule has 3 aromatic rings. The third-order valence-corrected chi connectivity index (χ3v) is 7.35. The number of para-hydroxylation sites is 1. The zero-order chi connectivity index (χ0) is 19.8. The van der Waals surface area contributed by atoms with E-state index in [1.54, 1.807) is 23.1 Å². The lowest BCUT2D eigenvalue weighted by atomic mass is 10.0. The lowest BCUT2D eigenvalue weighted by Crippen LogP contribution is -2.22. The smallest absolute Gasteiger partial charge is 0.237 e. The number of hydrogen-bond donors (Lipinski definition) is 1. The van der Waals surface area contributed by atoms with Crippen molar-refractivity contribution in [3.63, 3.8) is 0 Å². The van der Waals surface area contributed by atoms with Gasteiger partial charge in [0.25, 0.3) is 0 Å². The lowest BCUT2D eigenvalue weighted by Gasteiger charge is -2.14. The number of nitrogens with zero attached hydrogens (tertiary/aromatic N) is 2. The Morgan fingerprint density at radius 2 is 1.79 bits per heavy atom. The van der Waals surface area contributed by atoms with Crippen molar-refractivity contribution in [1.29, 1.82) is 0 Å². The molecule has 1 atom stereocenters. The van der Waals surface area contributed by atoms with Crippen molar-refractivity contribution in [2.75, 3.05) is 11.1 Å². The number of unbranched alkanes of at least 4 members (excludes halogenated alkanes) is 1. The number of nitrogens with one attached hydrogen (secondary N) is 1. The molecule has 3 rings (SSSR count). The Kier molecular flexibility index (Phi) is 7.94. The molecule has 1 aromatic heterocycles. The van der Waals surface area contributed by atoms with Gasteiger partial charge in [-0.2, -0.15) is 0 Å². The van der Waals surface area contributed by atoms with Gasteiger partial charge < -0.3 is 5.32 Å². The van der Waals surface area contributed by atoms with E-state index < -0.39 is 0 Å². The van der Waals surface area contributed by atoms with Crippen LogP contribution in [-0.4, -0.2) is 27.1 Å². The van der Waals surface area contributed by atoms with E-state index in [4.69, 9.17) is 0 Å². The summed E-state index contributed by atoms with van der Waals surface area (Å²) >= 11 is 4.75. The fourth-order valence-electron chi connectivity index (χ4n) is 2.51. The molecular weight excluding hydrogens is 406 g/mol. The zero-order valence-corrected chi connectivity index (χ0v) is 18.4. The van der Waals surface area contributed by atoms with Crippen LogP contribution in [0.3, 0.4) is 0 Å². The number of amides is 1. The van der Waals surface area contributed by atoms with Gasteiger partial charge >= 0.3 is 0 Å². The molecule has 0 bridgehead atoms. The molecule has 28 heavy (non-hydrogen) atoms. The summed E-state index contributed by atoms with van der Waals surface area (Å²) in [6.07, 6.45) is 2.35. The Morgan fingerprint density at radius 1 is 1.07 bits per heavy atom. The van der Waals surface area contributed by atoms with Crippen LogP contribution in [0.5, 0.6) is 0 Å². The Morgan fingerprint density at radius 3 is 2.57 bits per heavy atom. The summed E-state index contributed by atoms with van der Waals surface area (Å²) in [7, 11) is 0. The quantitative estimate of drug-likeness (QED) is 0.323. The van der Waals surface area contributed by atoms with Gasteiger partial charge in [-0.05, 0) is 25.0 Å². The monoisotopic (exact) mass is 429 g/mol. The van der Waals surface area contributed by atoms with Crippen molar-refractivity contribution in [1.82, 2.24) is 10.2 Å². The Hall–Kier alpha value is -1.83. The Balaban J connectivity index is 1.62. The third kappa shape index (κ3) is 5.83. The largest absolute Gasteiger partial charge is 0.325 e. The minimum absolute atomic E-state index is 0.0382. The number of rotatable bonds is 9. The Labute approximate surface area is 178 Å². The van der Waals surface area contributed by atoms with Crippen LogP contribution < -0.4 is 5.32 Å². The van der Waals surface area contributed by atoms with Crippen molar-refractivity contribution in [3.05, 3.63) is 54.6 Å². The first kappa shape index (κ1) is 20.9. The Bertz CT molecular complexity index is 899. The molecule has 4 nitrogen and oxygen atoms in total. The van der Waals surface area contributed by atoms with Crippen molar-refractivity contribution < 1.29 is 4.79 Å². The second kappa shape index (κ2) is 10.6. The summed E-state index contributed by atoms with van der Waals surface area (Å²) < 4.78 is 1.80. The molecule has 0 saturated heterocycles. The number of hydrogen-bond acceptors (Lipinski definition) is 6. The van der Waals surface area contributed by atoms with E-state index in [0.29, 0.717) is 0 Å².